The van der Waals surface area contributed by atoms with E-state index in [1.54, 1.807) is 4.90 Å². The number of nitrogens with two attached hydrogens (primary N) is 1. The third kappa shape index (κ3) is 2.94. The number of primary amides is 1. The van der Waals surface area contributed by atoms with Crippen molar-refractivity contribution in [2.24, 2.45) is 5.73 Å². The Morgan fingerprint density at radius 3 is 2.50 bits per heavy atom. The maximum atomic E-state index is 12.8. The number of carbonyl (C=O) groups is 2. The summed E-state index contributed by atoms with van der Waals surface area (Å²) in [6, 6.07) is -0.654. The number of nitrogens with one attached hydrogen (secondary N) is 1. The summed E-state index contributed by atoms with van der Waals surface area (Å²) in [5.74, 6) is -0.555. The molecule has 2 rings (SSSR count). The number of rotatable bonds is 3. The molecule has 20 heavy (non-hydrogen) atoms. The fraction of sp³-hybridized carbons (Fsp3) is 0.846. The highest BCUT2D eigenvalue weighted by atomic mass is 16.5. The van der Waals surface area contributed by atoms with Gasteiger partial charge in [0.1, 0.15) is 6.04 Å². The number of amides is 2. The topological polar surface area (TPSA) is 87.9 Å². The summed E-state index contributed by atoms with van der Waals surface area (Å²) < 4.78 is 5.26. The van der Waals surface area contributed by atoms with Crippen LogP contribution in [-0.4, -0.2) is 79.1 Å². The second-order valence-electron chi connectivity index (χ2n) is 5.79. The van der Waals surface area contributed by atoms with Crippen molar-refractivity contribution in [2.75, 3.05) is 45.9 Å². The van der Waals surface area contributed by atoms with Gasteiger partial charge in [0.2, 0.25) is 11.8 Å². The van der Waals surface area contributed by atoms with Gasteiger partial charge in [-0.3, -0.25) is 14.5 Å². The number of ether oxygens (including phenoxy) is 1. The van der Waals surface area contributed by atoms with E-state index in [0.29, 0.717) is 13.2 Å². The molecule has 0 aromatic carbocycles. The van der Waals surface area contributed by atoms with Gasteiger partial charge in [-0.2, -0.15) is 0 Å². The molecular weight excluding hydrogens is 260 g/mol. The fourth-order valence-electron chi connectivity index (χ4n) is 2.79. The Hall–Kier alpha value is -1.18. The summed E-state index contributed by atoms with van der Waals surface area (Å²) in [7, 11) is 0. The van der Waals surface area contributed by atoms with Crippen LogP contribution >= 0.6 is 0 Å². The molecular formula is C13H24N4O3. The molecule has 2 aliphatic rings. The van der Waals surface area contributed by atoms with Crippen molar-refractivity contribution in [1.82, 2.24) is 15.1 Å². The van der Waals surface area contributed by atoms with Crippen molar-refractivity contribution in [3.63, 3.8) is 0 Å². The van der Waals surface area contributed by atoms with E-state index in [1.165, 1.54) is 0 Å². The Morgan fingerprint density at radius 1 is 1.25 bits per heavy atom. The van der Waals surface area contributed by atoms with Gasteiger partial charge >= 0.3 is 0 Å². The van der Waals surface area contributed by atoms with Crippen LogP contribution in [0.5, 0.6) is 0 Å². The first kappa shape index (κ1) is 15.2. The van der Waals surface area contributed by atoms with Crippen molar-refractivity contribution in [3.8, 4) is 0 Å². The number of carbonyl (C=O) groups excluding carboxylic acids is 2. The first-order chi connectivity index (χ1) is 9.44. The third-order valence-corrected chi connectivity index (χ3v) is 4.15. The lowest BCUT2D eigenvalue weighted by atomic mass is 9.98. The van der Waals surface area contributed by atoms with Crippen molar-refractivity contribution in [3.05, 3.63) is 0 Å². The molecule has 0 aliphatic carbocycles. The third-order valence-electron chi connectivity index (χ3n) is 4.15. The summed E-state index contributed by atoms with van der Waals surface area (Å²) in [4.78, 5) is 28.1. The molecule has 2 heterocycles. The van der Waals surface area contributed by atoms with E-state index in [-0.39, 0.29) is 12.5 Å². The minimum atomic E-state index is -0.654. The Balaban J connectivity index is 2.12. The Bertz CT molecular complexity index is 380. The molecule has 1 atom stereocenters. The maximum absolute atomic E-state index is 12.8. The van der Waals surface area contributed by atoms with Crippen LogP contribution in [0.4, 0.5) is 0 Å². The van der Waals surface area contributed by atoms with E-state index in [9.17, 15) is 9.59 Å². The highest BCUT2D eigenvalue weighted by Crippen LogP contribution is 2.21. The molecule has 0 aromatic rings. The van der Waals surface area contributed by atoms with E-state index in [0.717, 1.165) is 26.2 Å². The Morgan fingerprint density at radius 2 is 1.90 bits per heavy atom. The highest BCUT2D eigenvalue weighted by molar-refractivity contribution is 5.91. The molecule has 0 saturated carbocycles. The minimum absolute atomic E-state index is 0.0495. The molecule has 0 aromatic heterocycles. The minimum Gasteiger partial charge on any atom is -0.377 e. The van der Waals surface area contributed by atoms with E-state index in [2.05, 4.69) is 10.2 Å². The number of morpholine rings is 1. The van der Waals surface area contributed by atoms with Crippen LogP contribution in [0.1, 0.15) is 13.8 Å². The second kappa shape index (κ2) is 6.07. The van der Waals surface area contributed by atoms with E-state index >= 15 is 0 Å². The smallest absolute Gasteiger partial charge is 0.243 e. The Labute approximate surface area is 119 Å². The molecule has 114 valence electrons. The SMILES string of the molecule is CC(C)(C(=O)N1CCOCC1C(N)=O)N1CCNCC1. The maximum Gasteiger partial charge on any atom is 0.243 e. The Kier molecular flexibility index (Phi) is 4.62. The van der Waals surface area contributed by atoms with Gasteiger partial charge in [-0.15, -0.1) is 0 Å². The lowest BCUT2D eigenvalue weighted by Gasteiger charge is -2.44. The largest absolute Gasteiger partial charge is 0.377 e. The van der Waals surface area contributed by atoms with E-state index < -0.39 is 17.5 Å². The fourth-order valence-corrected chi connectivity index (χ4v) is 2.79. The first-order valence-electron chi connectivity index (χ1n) is 7.08. The predicted octanol–water partition coefficient (Wildman–Crippen LogP) is -1.62. The van der Waals surface area contributed by atoms with Gasteiger partial charge in [0.05, 0.1) is 18.8 Å². The number of hydrogen-bond donors (Lipinski definition) is 2. The standard InChI is InChI=1S/C13H24N4O3/c1-13(2,16-5-3-15-4-6-16)12(19)17-7-8-20-9-10(17)11(14)18/h10,15H,3-9H2,1-2H3,(H2,14,18). The summed E-state index contributed by atoms with van der Waals surface area (Å²) in [6.45, 7) is 8.28. The summed E-state index contributed by atoms with van der Waals surface area (Å²) in [6.07, 6.45) is 0. The van der Waals surface area contributed by atoms with Gasteiger partial charge in [-0.1, -0.05) is 0 Å². The zero-order valence-corrected chi connectivity index (χ0v) is 12.2. The summed E-state index contributed by atoms with van der Waals surface area (Å²) in [5, 5.41) is 3.27. The molecule has 1 unspecified atom stereocenters. The van der Waals surface area contributed by atoms with Crippen molar-refractivity contribution in [2.45, 2.75) is 25.4 Å². The molecule has 7 nitrogen and oxygen atoms in total. The van der Waals surface area contributed by atoms with Gasteiger partial charge in [0.15, 0.2) is 0 Å². The molecule has 0 bridgehead atoms. The number of piperazine rings is 1. The average Bonchev–Trinajstić information content (AvgIpc) is 2.47. The highest BCUT2D eigenvalue weighted by Gasteiger charge is 2.42. The molecule has 2 amide bonds. The van der Waals surface area contributed by atoms with Gasteiger partial charge in [-0.05, 0) is 13.8 Å². The second-order valence-corrected chi connectivity index (χ2v) is 5.79. The van der Waals surface area contributed by atoms with Gasteiger partial charge in [-0.25, -0.2) is 0 Å². The normalized spacial score (nSPS) is 25.5. The summed E-state index contributed by atoms with van der Waals surface area (Å²) in [5.41, 5.74) is 4.75. The van der Waals surface area contributed by atoms with Gasteiger partial charge < -0.3 is 20.7 Å². The van der Waals surface area contributed by atoms with Crippen molar-refractivity contribution < 1.29 is 14.3 Å². The van der Waals surface area contributed by atoms with Crippen LogP contribution in [0, 0.1) is 0 Å². The van der Waals surface area contributed by atoms with Gasteiger partial charge in [0, 0.05) is 32.7 Å². The monoisotopic (exact) mass is 284 g/mol. The van der Waals surface area contributed by atoms with E-state index in [1.807, 2.05) is 13.8 Å². The predicted molar refractivity (Wildman–Crippen MR) is 74.0 cm³/mol. The van der Waals surface area contributed by atoms with Crippen LogP contribution in [0.3, 0.4) is 0 Å². The van der Waals surface area contributed by atoms with Crippen LogP contribution in [0.15, 0.2) is 0 Å². The molecule has 2 aliphatic heterocycles. The molecule has 2 fully saturated rings. The van der Waals surface area contributed by atoms with Gasteiger partial charge in [0.25, 0.3) is 0 Å². The lowest BCUT2D eigenvalue weighted by molar-refractivity contribution is -0.156. The molecule has 0 radical (unpaired) electrons. The number of nitrogens with zero attached hydrogens (tertiary/aromatic N) is 2. The zero-order chi connectivity index (χ0) is 14.8. The van der Waals surface area contributed by atoms with Crippen LogP contribution in [-0.2, 0) is 14.3 Å². The van der Waals surface area contributed by atoms with Crippen LogP contribution in [0.25, 0.3) is 0 Å². The zero-order valence-electron chi connectivity index (χ0n) is 12.2. The lowest BCUT2D eigenvalue weighted by Crippen LogP contribution is -2.65. The number of hydrogen-bond acceptors (Lipinski definition) is 5. The van der Waals surface area contributed by atoms with E-state index in [4.69, 9.17) is 10.5 Å². The first-order valence-corrected chi connectivity index (χ1v) is 7.08. The van der Waals surface area contributed by atoms with Crippen LogP contribution < -0.4 is 11.1 Å². The average molecular weight is 284 g/mol. The van der Waals surface area contributed by atoms with Crippen molar-refractivity contribution in [1.29, 1.82) is 0 Å². The quantitative estimate of drug-likeness (QED) is 0.650. The molecule has 7 heteroatoms. The van der Waals surface area contributed by atoms with Crippen molar-refractivity contribution >= 4 is 11.8 Å². The molecule has 3 N–H and O–H groups in total. The molecule has 0 spiro atoms. The van der Waals surface area contributed by atoms with Crippen LogP contribution in [0.2, 0.25) is 0 Å². The molecule has 2 saturated heterocycles. The summed E-state index contributed by atoms with van der Waals surface area (Å²) >= 11 is 0.